The predicted octanol–water partition coefficient (Wildman–Crippen LogP) is 1.99. The molecule has 0 spiro atoms. The molecule has 5 nitrogen and oxygen atoms in total. The quantitative estimate of drug-likeness (QED) is 0.680. The number of carbonyl (C=O) groups is 2. The summed E-state index contributed by atoms with van der Waals surface area (Å²) in [5, 5.41) is 7.06. The van der Waals surface area contributed by atoms with E-state index in [2.05, 4.69) is 55.7 Å². The summed E-state index contributed by atoms with van der Waals surface area (Å²) in [6, 6.07) is 8.31. The number of carbonyl (C=O) groups excluding carboxylic acids is 2. The molecule has 0 bridgehead atoms. The fourth-order valence-corrected chi connectivity index (χ4v) is 2.52. The topological polar surface area (TPSA) is 74.8 Å². The lowest BCUT2D eigenvalue weighted by Crippen LogP contribution is -2.88. The highest BCUT2D eigenvalue weighted by atomic mass is 16.2. The lowest BCUT2D eigenvalue weighted by Gasteiger charge is -2.19. The van der Waals surface area contributed by atoms with E-state index in [1.165, 1.54) is 11.1 Å². The van der Waals surface area contributed by atoms with E-state index in [0.29, 0.717) is 18.4 Å². The molecule has 1 aromatic rings. The first-order valence-corrected chi connectivity index (χ1v) is 8.83. The van der Waals surface area contributed by atoms with Gasteiger partial charge in [0.2, 0.25) is 0 Å². The normalized spacial score (nSPS) is 12.3. The molecule has 0 radical (unpaired) electrons. The molecule has 3 amide bonds. The van der Waals surface area contributed by atoms with Gasteiger partial charge in [0, 0.05) is 18.0 Å². The Labute approximate surface area is 145 Å². The van der Waals surface area contributed by atoms with Gasteiger partial charge in [-0.05, 0) is 17.9 Å². The first-order chi connectivity index (χ1) is 11.3. The Kier molecular flexibility index (Phi) is 8.47. The molecule has 0 aromatic heterocycles. The van der Waals surface area contributed by atoms with E-state index >= 15 is 0 Å². The summed E-state index contributed by atoms with van der Waals surface area (Å²) in [6.07, 6.45) is 1.02. The molecule has 4 N–H and O–H groups in total. The number of amides is 3. The summed E-state index contributed by atoms with van der Waals surface area (Å²) in [5.74, 6) is 0.473. The molecular formula is C19H32N3O2+. The third kappa shape index (κ3) is 7.13. The monoisotopic (exact) mass is 334 g/mol. The molecule has 0 heterocycles. The Bertz CT molecular complexity index is 524. The number of aryl methyl sites for hydroxylation is 1. The highest BCUT2D eigenvalue weighted by molar-refractivity contribution is 5.94. The number of benzene rings is 1. The van der Waals surface area contributed by atoms with Crippen LogP contribution >= 0.6 is 0 Å². The van der Waals surface area contributed by atoms with E-state index in [1.54, 1.807) is 0 Å². The van der Waals surface area contributed by atoms with Gasteiger partial charge >= 0.3 is 6.03 Å². The minimum absolute atomic E-state index is 0.195. The maximum Gasteiger partial charge on any atom is 0.321 e. The maximum atomic E-state index is 12.0. The van der Waals surface area contributed by atoms with E-state index < -0.39 is 6.03 Å². The number of rotatable bonds is 8. The molecule has 1 rings (SSSR count). The van der Waals surface area contributed by atoms with Crippen LogP contribution in [0.15, 0.2) is 24.3 Å². The largest absolute Gasteiger partial charge is 0.338 e. The van der Waals surface area contributed by atoms with Crippen LogP contribution in [0.4, 0.5) is 4.79 Å². The Hall–Kier alpha value is -1.88. The van der Waals surface area contributed by atoms with Crippen molar-refractivity contribution in [3.8, 4) is 0 Å². The average Bonchev–Trinajstić information content (AvgIpc) is 2.53. The third-order valence-corrected chi connectivity index (χ3v) is 3.97. The molecule has 0 fully saturated rings. The average molecular weight is 334 g/mol. The summed E-state index contributed by atoms with van der Waals surface area (Å²) in [7, 11) is 0. The highest BCUT2D eigenvalue weighted by Gasteiger charge is 2.21. The van der Waals surface area contributed by atoms with Crippen LogP contribution in [0.2, 0.25) is 0 Å². The molecule has 0 aliphatic heterocycles. The molecule has 1 atom stereocenters. The van der Waals surface area contributed by atoms with Gasteiger partial charge in [-0.3, -0.25) is 10.1 Å². The van der Waals surface area contributed by atoms with Crippen molar-refractivity contribution in [1.82, 2.24) is 10.6 Å². The highest BCUT2D eigenvalue weighted by Crippen LogP contribution is 2.18. The molecule has 0 saturated carbocycles. The predicted molar refractivity (Wildman–Crippen MR) is 96.6 cm³/mol. The minimum Gasteiger partial charge on any atom is -0.338 e. The van der Waals surface area contributed by atoms with Crippen molar-refractivity contribution < 1.29 is 14.9 Å². The van der Waals surface area contributed by atoms with Crippen LogP contribution in [0, 0.1) is 11.8 Å². The zero-order chi connectivity index (χ0) is 18.1. The van der Waals surface area contributed by atoms with Crippen molar-refractivity contribution in [2.75, 3.05) is 13.1 Å². The standard InChI is InChI=1S/C19H31N3O2/c1-6-15-7-9-16(10-8-15)18(14(4)5)20-12-17(23)22-19(24)21-11-13(2)3/h7-10,13-14,18,20H,6,11-12H2,1-5H3,(H2,21,22,23,24)/p+1/t18-/m1/s1. The zero-order valence-electron chi connectivity index (χ0n) is 15.6. The number of nitrogens with two attached hydrogens (primary N) is 1. The fourth-order valence-electron chi connectivity index (χ4n) is 2.52. The number of urea groups is 1. The van der Waals surface area contributed by atoms with Crippen LogP contribution in [-0.4, -0.2) is 25.0 Å². The second-order valence-corrected chi connectivity index (χ2v) is 6.96. The second-order valence-electron chi connectivity index (χ2n) is 6.96. The molecule has 0 aliphatic rings. The van der Waals surface area contributed by atoms with E-state index in [-0.39, 0.29) is 18.5 Å². The van der Waals surface area contributed by atoms with Gasteiger partial charge in [-0.2, -0.15) is 0 Å². The Morgan fingerprint density at radius 2 is 1.71 bits per heavy atom. The zero-order valence-corrected chi connectivity index (χ0v) is 15.6. The maximum absolute atomic E-state index is 12.0. The fraction of sp³-hybridized carbons (Fsp3) is 0.579. The molecule has 134 valence electrons. The summed E-state index contributed by atoms with van der Waals surface area (Å²) in [5.41, 5.74) is 2.51. The molecule has 5 heteroatoms. The molecule has 0 unspecified atom stereocenters. The Balaban J connectivity index is 2.53. The SMILES string of the molecule is CCc1ccc([C@H]([NH2+]CC(=O)NC(=O)NCC(C)C)C(C)C)cc1. The van der Waals surface area contributed by atoms with Crippen molar-refractivity contribution in [3.63, 3.8) is 0 Å². The lowest BCUT2D eigenvalue weighted by atomic mass is 9.95. The Morgan fingerprint density at radius 1 is 1.08 bits per heavy atom. The van der Waals surface area contributed by atoms with Crippen LogP contribution in [0.5, 0.6) is 0 Å². The summed E-state index contributed by atoms with van der Waals surface area (Å²) < 4.78 is 0. The van der Waals surface area contributed by atoms with Crippen molar-refractivity contribution in [2.24, 2.45) is 11.8 Å². The van der Waals surface area contributed by atoms with Gasteiger partial charge in [0.25, 0.3) is 5.91 Å². The molecular weight excluding hydrogens is 302 g/mol. The number of hydrogen-bond acceptors (Lipinski definition) is 2. The van der Waals surface area contributed by atoms with Crippen LogP contribution in [0.25, 0.3) is 0 Å². The van der Waals surface area contributed by atoms with Crippen LogP contribution in [0.1, 0.15) is 51.8 Å². The third-order valence-electron chi connectivity index (χ3n) is 3.97. The van der Waals surface area contributed by atoms with Gasteiger partial charge in [-0.25, -0.2) is 4.79 Å². The van der Waals surface area contributed by atoms with Crippen molar-refractivity contribution >= 4 is 11.9 Å². The molecule has 1 aromatic carbocycles. The summed E-state index contributed by atoms with van der Waals surface area (Å²) in [6.45, 7) is 11.2. The molecule has 0 aliphatic carbocycles. The molecule has 24 heavy (non-hydrogen) atoms. The first-order valence-electron chi connectivity index (χ1n) is 8.83. The van der Waals surface area contributed by atoms with E-state index in [0.717, 1.165) is 6.42 Å². The van der Waals surface area contributed by atoms with Crippen molar-refractivity contribution in [2.45, 2.75) is 47.1 Å². The van der Waals surface area contributed by atoms with Crippen molar-refractivity contribution in [3.05, 3.63) is 35.4 Å². The van der Waals surface area contributed by atoms with Gasteiger partial charge in [0.15, 0.2) is 6.54 Å². The molecule has 0 saturated heterocycles. The van der Waals surface area contributed by atoms with Crippen LogP contribution in [0.3, 0.4) is 0 Å². The number of quaternary nitrogens is 1. The second kappa shape index (κ2) is 10.1. The van der Waals surface area contributed by atoms with Crippen LogP contribution < -0.4 is 16.0 Å². The van der Waals surface area contributed by atoms with Gasteiger partial charge in [0.1, 0.15) is 6.04 Å². The van der Waals surface area contributed by atoms with Gasteiger partial charge in [0.05, 0.1) is 0 Å². The van der Waals surface area contributed by atoms with Gasteiger partial charge in [-0.15, -0.1) is 0 Å². The van der Waals surface area contributed by atoms with E-state index in [9.17, 15) is 9.59 Å². The number of nitrogens with one attached hydrogen (secondary N) is 2. The van der Waals surface area contributed by atoms with Crippen molar-refractivity contribution in [1.29, 1.82) is 0 Å². The van der Waals surface area contributed by atoms with E-state index in [1.807, 2.05) is 19.2 Å². The van der Waals surface area contributed by atoms with E-state index in [4.69, 9.17) is 0 Å². The Morgan fingerprint density at radius 3 is 2.21 bits per heavy atom. The van der Waals surface area contributed by atoms with Gasteiger partial charge < -0.3 is 10.6 Å². The first kappa shape index (κ1) is 20.2. The van der Waals surface area contributed by atoms with Gasteiger partial charge in [-0.1, -0.05) is 58.9 Å². The van der Waals surface area contributed by atoms with Crippen LogP contribution in [-0.2, 0) is 11.2 Å². The summed E-state index contributed by atoms with van der Waals surface area (Å²) in [4.78, 5) is 23.6. The minimum atomic E-state index is -0.421. The number of hydrogen-bond donors (Lipinski definition) is 3. The lowest BCUT2D eigenvalue weighted by molar-refractivity contribution is -0.692. The smallest absolute Gasteiger partial charge is 0.321 e. The summed E-state index contributed by atoms with van der Waals surface area (Å²) >= 11 is 0. The number of imide groups is 1.